The van der Waals surface area contributed by atoms with Crippen LogP contribution in [-0.2, 0) is 0 Å². The van der Waals surface area contributed by atoms with Gasteiger partial charge in [0.2, 0.25) is 4.96 Å². The molecule has 2 aromatic heterocycles. The van der Waals surface area contributed by atoms with Gasteiger partial charge in [-0.25, -0.2) is 8.79 Å². The molecule has 0 N–H and O–H groups in total. The maximum atomic E-state index is 13.8. The van der Waals surface area contributed by atoms with Gasteiger partial charge in [0.25, 0.3) is 5.56 Å². The number of halogens is 1. The lowest BCUT2D eigenvalue weighted by Crippen LogP contribution is -2.23. The van der Waals surface area contributed by atoms with Crippen LogP contribution in [-0.4, -0.2) is 14.6 Å². The Morgan fingerprint density at radius 3 is 2.52 bits per heavy atom. The van der Waals surface area contributed by atoms with Crippen molar-refractivity contribution in [2.24, 2.45) is 0 Å². The third kappa shape index (κ3) is 2.33. The Kier molecular flexibility index (Phi) is 3.24. The van der Waals surface area contributed by atoms with Crippen LogP contribution in [0.2, 0.25) is 0 Å². The highest BCUT2D eigenvalue weighted by Crippen LogP contribution is 2.17. The average Bonchev–Trinajstić information content (AvgIpc) is 3.12. The molecule has 6 heteroatoms. The molecule has 112 valence electrons. The molecule has 0 saturated carbocycles. The number of hydrogen-bond donors (Lipinski definition) is 0. The molecular weight excluding hydrogens is 313 g/mol. The van der Waals surface area contributed by atoms with Crippen LogP contribution in [0.15, 0.2) is 59.4 Å². The van der Waals surface area contributed by atoms with Gasteiger partial charge in [0.15, 0.2) is 5.82 Å². The highest BCUT2D eigenvalue weighted by molar-refractivity contribution is 7.15. The Balaban J connectivity index is 1.96. The summed E-state index contributed by atoms with van der Waals surface area (Å²) in [6.07, 6.45) is 1.55. The topological polar surface area (TPSA) is 47.3 Å². The lowest BCUT2D eigenvalue weighted by atomic mass is 10.2. The summed E-state index contributed by atoms with van der Waals surface area (Å²) in [4.78, 5) is 13.1. The Morgan fingerprint density at radius 2 is 1.74 bits per heavy atom. The van der Waals surface area contributed by atoms with Gasteiger partial charge in [0.1, 0.15) is 5.82 Å². The number of fused-ring (bicyclic) bond motifs is 1. The van der Waals surface area contributed by atoms with Crippen molar-refractivity contribution in [3.63, 3.8) is 0 Å². The van der Waals surface area contributed by atoms with Gasteiger partial charge in [0.05, 0.1) is 4.53 Å². The smallest absolute Gasteiger partial charge is 0.267 e. The van der Waals surface area contributed by atoms with Crippen LogP contribution in [0.5, 0.6) is 0 Å². The lowest BCUT2D eigenvalue weighted by Gasteiger charge is -1.95. The second kappa shape index (κ2) is 5.40. The van der Waals surface area contributed by atoms with Crippen LogP contribution >= 0.6 is 11.3 Å². The Morgan fingerprint density at radius 1 is 1.00 bits per heavy atom. The van der Waals surface area contributed by atoms with E-state index in [9.17, 15) is 9.18 Å². The van der Waals surface area contributed by atoms with E-state index in [4.69, 9.17) is 0 Å². The van der Waals surface area contributed by atoms with E-state index in [0.29, 0.717) is 20.9 Å². The fourth-order valence-corrected chi connectivity index (χ4v) is 3.27. The van der Waals surface area contributed by atoms with Gasteiger partial charge >= 0.3 is 0 Å². The molecule has 0 aliphatic rings. The monoisotopic (exact) mass is 323 g/mol. The van der Waals surface area contributed by atoms with E-state index in [1.165, 1.54) is 21.8 Å². The van der Waals surface area contributed by atoms with Crippen molar-refractivity contribution in [2.75, 3.05) is 0 Å². The minimum Gasteiger partial charge on any atom is -0.267 e. The normalized spacial score (nSPS) is 12.1. The minimum absolute atomic E-state index is 0.239. The molecule has 4 rings (SSSR count). The van der Waals surface area contributed by atoms with Crippen LogP contribution in [0, 0.1) is 5.82 Å². The molecule has 4 aromatic rings. The first-order valence-electron chi connectivity index (χ1n) is 6.93. The SMILES string of the molecule is O=c1c(=Cc2ccccc2F)sc2nnc(-c3ccccc3)n12. The number of nitrogens with zero attached hydrogens (tertiary/aromatic N) is 3. The van der Waals surface area contributed by atoms with Gasteiger partial charge in [-0.3, -0.25) is 4.79 Å². The highest BCUT2D eigenvalue weighted by Gasteiger charge is 2.13. The third-order valence-corrected chi connectivity index (χ3v) is 4.43. The molecule has 0 fully saturated rings. The van der Waals surface area contributed by atoms with E-state index in [1.54, 1.807) is 24.3 Å². The summed E-state index contributed by atoms with van der Waals surface area (Å²) in [5.74, 6) is 0.134. The molecular formula is C17H10FN3OS. The van der Waals surface area contributed by atoms with Crippen LogP contribution in [0.4, 0.5) is 4.39 Å². The van der Waals surface area contributed by atoms with Crippen LogP contribution in [0.25, 0.3) is 22.4 Å². The van der Waals surface area contributed by atoms with Crippen molar-refractivity contribution in [1.82, 2.24) is 14.6 Å². The predicted octanol–water partition coefficient (Wildman–Crippen LogP) is 2.50. The van der Waals surface area contributed by atoms with Gasteiger partial charge in [-0.2, -0.15) is 0 Å². The Bertz CT molecular complexity index is 1100. The second-order valence-corrected chi connectivity index (χ2v) is 5.95. The van der Waals surface area contributed by atoms with E-state index in [1.807, 2.05) is 30.3 Å². The largest absolute Gasteiger partial charge is 0.276 e. The molecule has 0 atom stereocenters. The first-order chi connectivity index (χ1) is 11.2. The maximum Gasteiger partial charge on any atom is 0.276 e. The third-order valence-electron chi connectivity index (χ3n) is 3.47. The zero-order valence-corrected chi connectivity index (χ0v) is 12.6. The van der Waals surface area contributed by atoms with E-state index in [0.717, 1.165) is 5.56 Å². The fraction of sp³-hybridized carbons (Fsp3) is 0. The summed E-state index contributed by atoms with van der Waals surface area (Å²) in [7, 11) is 0. The van der Waals surface area contributed by atoms with Crippen molar-refractivity contribution < 1.29 is 4.39 Å². The van der Waals surface area contributed by atoms with Gasteiger partial charge in [-0.1, -0.05) is 59.9 Å². The van der Waals surface area contributed by atoms with Crippen LogP contribution in [0.1, 0.15) is 5.56 Å². The zero-order valence-electron chi connectivity index (χ0n) is 11.8. The first kappa shape index (κ1) is 13.8. The molecule has 0 aliphatic carbocycles. The maximum absolute atomic E-state index is 13.8. The zero-order chi connectivity index (χ0) is 15.8. The van der Waals surface area contributed by atoms with Gasteiger partial charge in [-0.15, -0.1) is 10.2 Å². The summed E-state index contributed by atoms with van der Waals surface area (Å²) in [5, 5.41) is 8.15. The Labute approximate surface area is 134 Å². The number of rotatable bonds is 2. The second-order valence-electron chi connectivity index (χ2n) is 4.94. The van der Waals surface area contributed by atoms with E-state index in [2.05, 4.69) is 10.2 Å². The molecule has 0 radical (unpaired) electrons. The number of thiazole rings is 1. The quantitative estimate of drug-likeness (QED) is 0.569. The van der Waals surface area contributed by atoms with E-state index in [-0.39, 0.29) is 11.4 Å². The molecule has 0 unspecified atom stereocenters. The summed E-state index contributed by atoms with van der Waals surface area (Å²) in [6.45, 7) is 0. The molecule has 0 amide bonds. The number of hydrogen-bond acceptors (Lipinski definition) is 4. The van der Waals surface area contributed by atoms with E-state index < -0.39 is 0 Å². The molecule has 0 bridgehead atoms. The van der Waals surface area contributed by atoms with Gasteiger partial charge in [-0.05, 0) is 12.1 Å². The molecule has 2 heterocycles. The van der Waals surface area contributed by atoms with Gasteiger partial charge < -0.3 is 0 Å². The molecule has 0 aliphatic heterocycles. The molecule has 2 aromatic carbocycles. The summed E-state index contributed by atoms with van der Waals surface area (Å²) in [5.41, 5.74) is 0.952. The van der Waals surface area contributed by atoms with Crippen LogP contribution < -0.4 is 10.1 Å². The summed E-state index contributed by atoms with van der Waals surface area (Å²) in [6, 6.07) is 15.7. The Hall–Kier alpha value is -2.86. The number of benzene rings is 2. The van der Waals surface area contributed by atoms with Crippen molar-refractivity contribution >= 4 is 22.4 Å². The molecule has 23 heavy (non-hydrogen) atoms. The van der Waals surface area contributed by atoms with Crippen molar-refractivity contribution in [1.29, 1.82) is 0 Å². The van der Waals surface area contributed by atoms with Crippen molar-refractivity contribution in [2.45, 2.75) is 0 Å². The molecule has 4 nitrogen and oxygen atoms in total. The van der Waals surface area contributed by atoms with Gasteiger partial charge in [0, 0.05) is 11.1 Å². The van der Waals surface area contributed by atoms with Crippen LogP contribution in [0.3, 0.4) is 0 Å². The van der Waals surface area contributed by atoms with Crippen molar-refractivity contribution in [3.8, 4) is 11.4 Å². The fourth-order valence-electron chi connectivity index (χ4n) is 2.37. The standard InChI is InChI=1S/C17H10FN3OS/c18-13-9-5-4-8-12(13)10-14-16(22)21-15(19-20-17(21)23-14)11-6-2-1-3-7-11/h1-10H. The predicted molar refractivity (Wildman–Crippen MR) is 87.8 cm³/mol. The molecule has 0 saturated heterocycles. The number of aromatic nitrogens is 3. The first-order valence-corrected chi connectivity index (χ1v) is 7.75. The average molecular weight is 323 g/mol. The summed E-state index contributed by atoms with van der Waals surface area (Å²) < 4.78 is 15.7. The van der Waals surface area contributed by atoms with E-state index >= 15 is 0 Å². The summed E-state index contributed by atoms with van der Waals surface area (Å²) >= 11 is 1.20. The minimum atomic E-state index is -0.362. The lowest BCUT2D eigenvalue weighted by molar-refractivity contribution is 0.625. The highest BCUT2D eigenvalue weighted by atomic mass is 32.1. The molecule has 0 spiro atoms. The van der Waals surface area contributed by atoms with Crippen molar-refractivity contribution in [3.05, 3.63) is 80.9 Å².